The number of carbonyl (C=O) groups excluding carboxylic acids is 2. The number of likely N-dealkylation sites (tertiary alicyclic amines) is 1. The summed E-state index contributed by atoms with van der Waals surface area (Å²) < 4.78 is 10.4. The minimum absolute atomic E-state index is 0.0584. The van der Waals surface area contributed by atoms with Gasteiger partial charge in [-0.2, -0.15) is 0 Å². The van der Waals surface area contributed by atoms with Gasteiger partial charge in [0.15, 0.2) is 0 Å². The SMILES string of the molecule is COCCN(Cc1cccc(OC)c1)C(=O)CN1C(=O)CC[C@@H]1C. The summed E-state index contributed by atoms with van der Waals surface area (Å²) in [7, 11) is 3.23. The molecule has 1 heterocycles. The van der Waals surface area contributed by atoms with E-state index >= 15 is 0 Å². The normalized spacial score (nSPS) is 17.2. The highest BCUT2D eigenvalue weighted by Crippen LogP contribution is 2.19. The second-order valence-electron chi connectivity index (χ2n) is 6.07. The molecule has 0 bridgehead atoms. The highest BCUT2D eigenvalue weighted by atomic mass is 16.5. The van der Waals surface area contributed by atoms with Gasteiger partial charge in [0.2, 0.25) is 11.8 Å². The van der Waals surface area contributed by atoms with Crippen molar-refractivity contribution in [1.29, 1.82) is 0 Å². The molecule has 1 aliphatic heterocycles. The molecular formula is C18H26N2O4. The van der Waals surface area contributed by atoms with E-state index in [0.29, 0.717) is 26.1 Å². The maximum atomic E-state index is 12.7. The lowest BCUT2D eigenvalue weighted by molar-refractivity contribution is -0.140. The highest BCUT2D eigenvalue weighted by Gasteiger charge is 2.30. The van der Waals surface area contributed by atoms with Gasteiger partial charge in [-0.15, -0.1) is 0 Å². The van der Waals surface area contributed by atoms with Gasteiger partial charge in [-0.05, 0) is 31.0 Å². The Labute approximate surface area is 143 Å². The topological polar surface area (TPSA) is 59.1 Å². The molecule has 0 unspecified atom stereocenters. The zero-order chi connectivity index (χ0) is 17.5. The Morgan fingerprint density at radius 1 is 1.38 bits per heavy atom. The van der Waals surface area contributed by atoms with Crippen molar-refractivity contribution in [2.45, 2.75) is 32.4 Å². The zero-order valence-corrected chi connectivity index (χ0v) is 14.7. The second kappa shape index (κ2) is 8.68. The number of amides is 2. The number of nitrogens with zero attached hydrogens (tertiary/aromatic N) is 2. The molecule has 1 fully saturated rings. The second-order valence-corrected chi connectivity index (χ2v) is 6.07. The molecule has 0 radical (unpaired) electrons. The molecule has 0 aliphatic carbocycles. The van der Waals surface area contributed by atoms with Gasteiger partial charge in [0.25, 0.3) is 0 Å². The molecule has 1 aliphatic rings. The molecule has 24 heavy (non-hydrogen) atoms. The van der Waals surface area contributed by atoms with Crippen molar-refractivity contribution >= 4 is 11.8 Å². The number of benzene rings is 1. The summed E-state index contributed by atoms with van der Waals surface area (Å²) in [5, 5.41) is 0. The standard InChI is InChI=1S/C18H26N2O4/c1-14-7-8-17(21)20(14)13-18(22)19(9-10-23-2)12-15-5-4-6-16(11-15)24-3/h4-6,11,14H,7-10,12-13H2,1-3H3/t14-/m0/s1. The van der Waals surface area contributed by atoms with Crippen molar-refractivity contribution < 1.29 is 19.1 Å². The van der Waals surface area contributed by atoms with Crippen LogP contribution in [0.2, 0.25) is 0 Å². The zero-order valence-electron chi connectivity index (χ0n) is 14.7. The number of hydrogen-bond donors (Lipinski definition) is 0. The third-order valence-corrected chi connectivity index (χ3v) is 4.36. The summed E-state index contributed by atoms with van der Waals surface area (Å²) in [5.74, 6) is 0.760. The van der Waals surface area contributed by atoms with Crippen LogP contribution in [0.15, 0.2) is 24.3 Å². The Morgan fingerprint density at radius 2 is 2.17 bits per heavy atom. The van der Waals surface area contributed by atoms with Crippen LogP contribution in [-0.2, 0) is 20.9 Å². The van der Waals surface area contributed by atoms with Crippen molar-refractivity contribution in [2.75, 3.05) is 33.9 Å². The van der Waals surface area contributed by atoms with Crippen LogP contribution in [0.25, 0.3) is 0 Å². The fourth-order valence-corrected chi connectivity index (χ4v) is 2.85. The Balaban J connectivity index is 2.05. The Hall–Kier alpha value is -2.08. The number of methoxy groups -OCH3 is 2. The van der Waals surface area contributed by atoms with Crippen molar-refractivity contribution in [1.82, 2.24) is 9.80 Å². The molecule has 1 atom stereocenters. The minimum atomic E-state index is -0.0584. The number of carbonyl (C=O) groups is 2. The molecule has 2 rings (SSSR count). The molecule has 132 valence electrons. The van der Waals surface area contributed by atoms with Crippen molar-refractivity contribution in [3.8, 4) is 5.75 Å². The summed E-state index contributed by atoms with van der Waals surface area (Å²) >= 11 is 0. The van der Waals surface area contributed by atoms with E-state index in [2.05, 4.69) is 0 Å². The van der Waals surface area contributed by atoms with Crippen LogP contribution < -0.4 is 4.74 Å². The van der Waals surface area contributed by atoms with E-state index in [4.69, 9.17) is 9.47 Å². The van der Waals surface area contributed by atoms with Crippen molar-refractivity contribution in [3.05, 3.63) is 29.8 Å². The van der Waals surface area contributed by atoms with Gasteiger partial charge in [0.05, 0.1) is 13.7 Å². The van der Waals surface area contributed by atoms with Crippen molar-refractivity contribution in [3.63, 3.8) is 0 Å². The van der Waals surface area contributed by atoms with Crippen LogP contribution in [0.1, 0.15) is 25.3 Å². The molecule has 1 aromatic rings. The molecule has 6 heteroatoms. The van der Waals surface area contributed by atoms with Gasteiger partial charge in [-0.1, -0.05) is 12.1 Å². The smallest absolute Gasteiger partial charge is 0.242 e. The van der Waals surface area contributed by atoms with Crippen molar-refractivity contribution in [2.24, 2.45) is 0 Å². The van der Waals surface area contributed by atoms with E-state index in [1.165, 1.54) is 0 Å². The fraction of sp³-hybridized carbons (Fsp3) is 0.556. The van der Waals surface area contributed by atoms with Gasteiger partial charge in [-0.3, -0.25) is 9.59 Å². The first-order valence-corrected chi connectivity index (χ1v) is 8.24. The maximum Gasteiger partial charge on any atom is 0.242 e. The van der Waals surface area contributed by atoms with Gasteiger partial charge >= 0.3 is 0 Å². The van der Waals surface area contributed by atoms with Crippen LogP contribution >= 0.6 is 0 Å². The number of rotatable bonds is 8. The predicted octanol–water partition coefficient (Wildman–Crippen LogP) is 1.68. The molecule has 1 aromatic carbocycles. The minimum Gasteiger partial charge on any atom is -0.497 e. The van der Waals surface area contributed by atoms with E-state index < -0.39 is 0 Å². The lowest BCUT2D eigenvalue weighted by atomic mass is 10.2. The summed E-state index contributed by atoms with van der Waals surface area (Å²) in [6.45, 7) is 3.53. The third kappa shape index (κ3) is 4.71. The third-order valence-electron chi connectivity index (χ3n) is 4.36. The predicted molar refractivity (Wildman–Crippen MR) is 90.7 cm³/mol. The maximum absolute atomic E-state index is 12.7. The van der Waals surface area contributed by atoms with Crippen LogP contribution in [0, 0.1) is 0 Å². The molecule has 0 aromatic heterocycles. The molecule has 0 spiro atoms. The van der Waals surface area contributed by atoms with E-state index in [9.17, 15) is 9.59 Å². The molecular weight excluding hydrogens is 308 g/mol. The highest BCUT2D eigenvalue weighted by molar-refractivity contribution is 5.86. The summed E-state index contributed by atoms with van der Waals surface area (Å²) in [6, 6.07) is 7.77. The average molecular weight is 334 g/mol. The lowest BCUT2D eigenvalue weighted by Crippen LogP contribution is -2.43. The molecule has 0 N–H and O–H groups in total. The molecule has 0 saturated carbocycles. The first kappa shape index (κ1) is 18.3. The molecule has 1 saturated heterocycles. The van der Waals surface area contributed by atoms with Gasteiger partial charge in [0, 0.05) is 32.7 Å². The summed E-state index contributed by atoms with van der Waals surface area (Å²) in [6.07, 6.45) is 1.35. The Bertz CT molecular complexity index is 576. The van der Waals surface area contributed by atoms with Gasteiger partial charge in [0.1, 0.15) is 12.3 Å². The Kier molecular flexibility index (Phi) is 6.61. The van der Waals surface area contributed by atoms with Gasteiger partial charge in [-0.25, -0.2) is 0 Å². The fourth-order valence-electron chi connectivity index (χ4n) is 2.85. The first-order valence-electron chi connectivity index (χ1n) is 8.24. The van der Waals surface area contributed by atoms with Gasteiger partial charge < -0.3 is 19.3 Å². The summed E-state index contributed by atoms with van der Waals surface area (Å²) in [4.78, 5) is 28.0. The quantitative estimate of drug-likeness (QED) is 0.726. The molecule has 6 nitrogen and oxygen atoms in total. The van der Waals surface area contributed by atoms with Crippen LogP contribution in [0.3, 0.4) is 0 Å². The summed E-state index contributed by atoms with van der Waals surface area (Å²) in [5.41, 5.74) is 0.986. The van der Waals surface area contributed by atoms with Crippen LogP contribution in [-0.4, -0.2) is 61.6 Å². The Morgan fingerprint density at radius 3 is 2.79 bits per heavy atom. The van der Waals surface area contributed by atoms with Crippen LogP contribution in [0.5, 0.6) is 5.75 Å². The number of ether oxygens (including phenoxy) is 2. The molecule has 2 amide bonds. The first-order chi connectivity index (χ1) is 11.5. The number of hydrogen-bond acceptors (Lipinski definition) is 4. The van der Waals surface area contributed by atoms with E-state index in [-0.39, 0.29) is 24.4 Å². The van der Waals surface area contributed by atoms with E-state index in [0.717, 1.165) is 17.7 Å². The lowest BCUT2D eigenvalue weighted by Gasteiger charge is -2.27. The van der Waals surface area contributed by atoms with Crippen LogP contribution in [0.4, 0.5) is 0 Å². The average Bonchev–Trinajstić information content (AvgIpc) is 2.90. The largest absolute Gasteiger partial charge is 0.497 e. The van der Waals surface area contributed by atoms with E-state index in [1.54, 1.807) is 24.0 Å². The monoisotopic (exact) mass is 334 g/mol. The van der Waals surface area contributed by atoms with E-state index in [1.807, 2.05) is 31.2 Å².